The van der Waals surface area contributed by atoms with Crippen molar-refractivity contribution in [2.24, 2.45) is 7.05 Å². The van der Waals surface area contributed by atoms with Crippen molar-refractivity contribution < 1.29 is 0 Å². The molecule has 0 bridgehead atoms. The smallest absolute Gasteiger partial charge is 0.225 e. The van der Waals surface area contributed by atoms with Crippen LogP contribution in [0.25, 0.3) is 0 Å². The maximum absolute atomic E-state index is 5.05. The lowest BCUT2D eigenvalue weighted by atomic mass is 10.3. The summed E-state index contributed by atoms with van der Waals surface area (Å²) in [6.45, 7) is 7.32. The van der Waals surface area contributed by atoms with Crippen molar-refractivity contribution in [3.05, 3.63) is 4.77 Å². The number of aromatic amines is 1. The number of nitrogens with zero attached hydrogens (tertiary/aromatic N) is 3. The Balaban J connectivity index is 3.05. The molecule has 0 saturated heterocycles. The van der Waals surface area contributed by atoms with Gasteiger partial charge in [-0.15, -0.1) is 5.10 Å². The van der Waals surface area contributed by atoms with Gasteiger partial charge in [-0.2, -0.15) is 0 Å². The molecule has 4 nitrogen and oxygen atoms in total. The van der Waals surface area contributed by atoms with Crippen LogP contribution in [0.15, 0.2) is 0 Å². The molecule has 1 N–H and O–H groups in total. The third-order valence-electron chi connectivity index (χ3n) is 2.08. The normalized spacial score (nSPS) is 10.8. The fourth-order valence-electron chi connectivity index (χ4n) is 1.33. The molecule has 0 aliphatic carbocycles. The topological polar surface area (TPSA) is 36.9 Å². The van der Waals surface area contributed by atoms with Crippen LogP contribution >= 0.6 is 12.2 Å². The van der Waals surface area contributed by atoms with Gasteiger partial charge in [-0.05, 0) is 33.0 Å². The monoisotopic (exact) mass is 200 g/mol. The molecule has 0 radical (unpaired) electrons. The summed E-state index contributed by atoms with van der Waals surface area (Å²) in [7, 11) is 1.92. The predicted octanol–water partition coefficient (Wildman–Crippen LogP) is 1.71. The maximum Gasteiger partial charge on any atom is 0.225 e. The van der Waals surface area contributed by atoms with Gasteiger partial charge in [0.1, 0.15) is 0 Å². The molecule has 5 heteroatoms. The molecule has 1 heterocycles. The minimum Gasteiger partial charge on any atom is -0.339 e. The van der Waals surface area contributed by atoms with Gasteiger partial charge in [-0.1, -0.05) is 0 Å². The van der Waals surface area contributed by atoms with Gasteiger partial charge in [-0.25, -0.2) is 5.10 Å². The van der Waals surface area contributed by atoms with Gasteiger partial charge in [0, 0.05) is 19.6 Å². The first-order valence-electron chi connectivity index (χ1n) is 4.46. The second-order valence-electron chi connectivity index (χ2n) is 3.27. The van der Waals surface area contributed by atoms with Crippen molar-refractivity contribution in [3.63, 3.8) is 0 Å². The molecule has 0 aliphatic heterocycles. The zero-order chi connectivity index (χ0) is 10.0. The zero-order valence-electron chi connectivity index (χ0n) is 8.53. The van der Waals surface area contributed by atoms with E-state index in [4.69, 9.17) is 12.2 Å². The van der Waals surface area contributed by atoms with Crippen LogP contribution in [0.3, 0.4) is 0 Å². The van der Waals surface area contributed by atoms with Crippen molar-refractivity contribution in [2.45, 2.75) is 26.8 Å². The van der Waals surface area contributed by atoms with Crippen LogP contribution in [0.4, 0.5) is 5.95 Å². The van der Waals surface area contributed by atoms with Crippen LogP contribution in [-0.2, 0) is 7.05 Å². The fraction of sp³-hybridized carbons (Fsp3) is 0.750. The maximum atomic E-state index is 5.05. The van der Waals surface area contributed by atoms with Crippen LogP contribution in [0.5, 0.6) is 0 Å². The average molecular weight is 200 g/mol. The second-order valence-corrected chi connectivity index (χ2v) is 3.65. The molecule has 0 atom stereocenters. The molecule has 1 aromatic rings. The summed E-state index contributed by atoms with van der Waals surface area (Å²) in [6, 6.07) is 0.439. The summed E-state index contributed by atoms with van der Waals surface area (Å²) in [5, 5.41) is 6.96. The minimum absolute atomic E-state index is 0.439. The summed E-state index contributed by atoms with van der Waals surface area (Å²) in [6.07, 6.45) is 0. The number of hydrogen-bond donors (Lipinski definition) is 1. The molecule has 1 aromatic heterocycles. The predicted molar refractivity (Wildman–Crippen MR) is 56.5 cm³/mol. The van der Waals surface area contributed by atoms with Crippen molar-refractivity contribution in [1.82, 2.24) is 14.8 Å². The van der Waals surface area contributed by atoms with E-state index in [2.05, 4.69) is 35.9 Å². The van der Waals surface area contributed by atoms with E-state index < -0.39 is 0 Å². The second kappa shape index (κ2) is 3.91. The third-order valence-corrected chi connectivity index (χ3v) is 2.44. The number of rotatable bonds is 3. The highest BCUT2D eigenvalue weighted by molar-refractivity contribution is 7.71. The third kappa shape index (κ3) is 1.91. The van der Waals surface area contributed by atoms with E-state index in [9.17, 15) is 0 Å². The van der Waals surface area contributed by atoms with E-state index >= 15 is 0 Å². The van der Waals surface area contributed by atoms with E-state index in [1.54, 1.807) is 0 Å². The largest absolute Gasteiger partial charge is 0.339 e. The van der Waals surface area contributed by atoms with Crippen molar-refractivity contribution in [1.29, 1.82) is 0 Å². The highest BCUT2D eigenvalue weighted by atomic mass is 32.1. The summed E-state index contributed by atoms with van der Waals surface area (Å²) in [5.41, 5.74) is 0. The van der Waals surface area contributed by atoms with E-state index in [1.807, 2.05) is 11.6 Å². The van der Waals surface area contributed by atoms with Crippen LogP contribution < -0.4 is 4.90 Å². The number of hydrogen-bond acceptors (Lipinski definition) is 3. The average Bonchev–Trinajstić information content (AvgIpc) is 2.37. The number of aromatic nitrogens is 3. The van der Waals surface area contributed by atoms with Gasteiger partial charge in [-0.3, -0.25) is 4.57 Å². The molecule has 74 valence electrons. The molecule has 0 amide bonds. The van der Waals surface area contributed by atoms with E-state index in [0.717, 1.165) is 12.5 Å². The highest BCUT2D eigenvalue weighted by Crippen LogP contribution is 2.11. The molecule has 0 spiro atoms. The van der Waals surface area contributed by atoms with Crippen LogP contribution in [0.2, 0.25) is 0 Å². The lowest BCUT2D eigenvalue weighted by Gasteiger charge is -2.25. The molecule has 0 saturated carbocycles. The standard InChI is InChI=1S/C8H16N4S/c1-5-12(6(2)3)7-9-10-8(13)11(7)4/h6H,5H2,1-4H3,(H,10,13). The van der Waals surface area contributed by atoms with Crippen molar-refractivity contribution in [3.8, 4) is 0 Å². The Kier molecular flexibility index (Phi) is 3.08. The van der Waals surface area contributed by atoms with Crippen LogP contribution in [-0.4, -0.2) is 27.4 Å². The molecule has 1 rings (SSSR count). The van der Waals surface area contributed by atoms with Gasteiger partial charge in [0.2, 0.25) is 5.95 Å². The molecule has 0 unspecified atom stereocenters. The van der Waals surface area contributed by atoms with Gasteiger partial charge in [0.25, 0.3) is 0 Å². The van der Waals surface area contributed by atoms with E-state index in [0.29, 0.717) is 10.8 Å². The molecule has 0 fully saturated rings. The fourth-order valence-corrected chi connectivity index (χ4v) is 1.46. The summed E-state index contributed by atoms with van der Waals surface area (Å²) < 4.78 is 2.55. The first-order valence-corrected chi connectivity index (χ1v) is 4.86. The van der Waals surface area contributed by atoms with Gasteiger partial charge in [0.15, 0.2) is 4.77 Å². The summed E-state index contributed by atoms with van der Waals surface area (Å²) in [5.74, 6) is 0.905. The molecular formula is C8H16N4S. The summed E-state index contributed by atoms with van der Waals surface area (Å²) >= 11 is 5.05. The van der Waals surface area contributed by atoms with Crippen LogP contribution in [0.1, 0.15) is 20.8 Å². The number of nitrogens with one attached hydrogen (secondary N) is 1. The SMILES string of the molecule is CCN(c1n[nH]c(=S)n1C)C(C)C. The Labute approximate surface area is 83.6 Å². The van der Waals surface area contributed by atoms with E-state index in [1.165, 1.54) is 0 Å². The van der Waals surface area contributed by atoms with Crippen molar-refractivity contribution in [2.75, 3.05) is 11.4 Å². The first-order chi connectivity index (χ1) is 6.07. The van der Waals surface area contributed by atoms with Crippen molar-refractivity contribution >= 4 is 18.2 Å². The lowest BCUT2D eigenvalue weighted by Crippen LogP contribution is -2.32. The molecule has 13 heavy (non-hydrogen) atoms. The molecule has 0 aliphatic rings. The number of anilines is 1. The van der Waals surface area contributed by atoms with Crippen LogP contribution in [0, 0.1) is 4.77 Å². The molecule has 0 aromatic carbocycles. The summed E-state index contributed by atoms with van der Waals surface area (Å²) in [4.78, 5) is 2.19. The van der Waals surface area contributed by atoms with Gasteiger partial charge in [0.05, 0.1) is 0 Å². The Morgan fingerprint density at radius 1 is 1.62 bits per heavy atom. The van der Waals surface area contributed by atoms with Gasteiger partial charge < -0.3 is 4.90 Å². The Bertz CT molecular complexity index is 325. The first kappa shape index (κ1) is 10.2. The lowest BCUT2D eigenvalue weighted by molar-refractivity contribution is 0.662. The quantitative estimate of drug-likeness (QED) is 0.755. The minimum atomic E-state index is 0.439. The Morgan fingerprint density at radius 3 is 2.54 bits per heavy atom. The highest BCUT2D eigenvalue weighted by Gasteiger charge is 2.13. The Morgan fingerprint density at radius 2 is 2.23 bits per heavy atom. The molecular weight excluding hydrogens is 184 g/mol. The van der Waals surface area contributed by atoms with Gasteiger partial charge >= 0.3 is 0 Å². The Hall–Kier alpha value is -0.840. The zero-order valence-corrected chi connectivity index (χ0v) is 9.35. The van der Waals surface area contributed by atoms with E-state index in [-0.39, 0.29) is 0 Å². The number of H-pyrrole nitrogens is 1.